The molecule has 0 saturated carbocycles. The highest BCUT2D eigenvalue weighted by molar-refractivity contribution is 7.12. The van der Waals surface area contributed by atoms with Crippen LogP contribution in [0.25, 0.3) is 11.4 Å². The Labute approximate surface area is 166 Å². The third kappa shape index (κ3) is 3.79. The van der Waals surface area contributed by atoms with Crippen molar-refractivity contribution in [3.8, 4) is 17.1 Å². The SMILES string of the molecule is COc1ccc(-c2nc(NCc3ccccc3)n(C(=O)c3cccs3)n2)cc1. The largest absolute Gasteiger partial charge is 0.497 e. The van der Waals surface area contributed by atoms with Crippen molar-refractivity contribution in [3.05, 3.63) is 82.6 Å². The Morgan fingerprint density at radius 3 is 2.54 bits per heavy atom. The molecule has 28 heavy (non-hydrogen) atoms. The zero-order valence-electron chi connectivity index (χ0n) is 15.2. The molecule has 0 saturated heterocycles. The molecule has 140 valence electrons. The number of carbonyl (C=O) groups excluding carboxylic acids is 1. The Hall–Kier alpha value is -3.45. The van der Waals surface area contributed by atoms with Gasteiger partial charge in [0.25, 0.3) is 5.91 Å². The molecule has 2 heterocycles. The van der Waals surface area contributed by atoms with Crippen LogP contribution in [0.3, 0.4) is 0 Å². The first-order valence-electron chi connectivity index (χ1n) is 8.72. The fourth-order valence-electron chi connectivity index (χ4n) is 2.71. The van der Waals surface area contributed by atoms with Gasteiger partial charge in [0.15, 0.2) is 5.82 Å². The summed E-state index contributed by atoms with van der Waals surface area (Å²) < 4.78 is 6.53. The van der Waals surface area contributed by atoms with Crippen LogP contribution in [0, 0.1) is 0 Å². The number of benzene rings is 2. The van der Waals surface area contributed by atoms with Crippen molar-refractivity contribution in [2.75, 3.05) is 12.4 Å². The number of rotatable bonds is 6. The number of ether oxygens (including phenoxy) is 1. The van der Waals surface area contributed by atoms with Crippen LogP contribution in [0.15, 0.2) is 72.1 Å². The molecule has 0 fully saturated rings. The van der Waals surface area contributed by atoms with E-state index < -0.39 is 0 Å². The first-order chi connectivity index (χ1) is 13.7. The maximum absolute atomic E-state index is 12.9. The maximum Gasteiger partial charge on any atom is 0.291 e. The van der Waals surface area contributed by atoms with Gasteiger partial charge in [-0.2, -0.15) is 9.67 Å². The Balaban J connectivity index is 1.67. The lowest BCUT2D eigenvalue weighted by Crippen LogP contribution is -2.16. The average molecular weight is 390 g/mol. The van der Waals surface area contributed by atoms with Crippen LogP contribution in [-0.2, 0) is 6.54 Å². The summed E-state index contributed by atoms with van der Waals surface area (Å²) >= 11 is 1.38. The Morgan fingerprint density at radius 1 is 1.07 bits per heavy atom. The first kappa shape index (κ1) is 17.9. The van der Waals surface area contributed by atoms with Gasteiger partial charge in [0.1, 0.15) is 5.75 Å². The number of nitrogens with one attached hydrogen (secondary N) is 1. The van der Waals surface area contributed by atoms with E-state index >= 15 is 0 Å². The fraction of sp³-hybridized carbons (Fsp3) is 0.0952. The van der Waals surface area contributed by atoms with Crippen molar-refractivity contribution in [2.24, 2.45) is 0 Å². The van der Waals surface area contributed by atoms with Crippen LogP contribution < -0.4 is 10.1 Å². The maximum atomic E-state index is 12.9. The minimum atomic E-state index is -0.210. The van der Waals surface area contributed by atoms with Crippen LogP contribution in [0.2, 0.25) is 0 Å². The molecule has 0 spiro atoms. The van der Waals surface area contributed by atoms with Gasteiger partial charge >= 0.3 is 0 Å². The molecule has 4 aromatic rings. The van der Waals surface area contributed by atoms with Crippen molar-refractivity contribution in [2.45, 2.75) is 6.54 Å². The van der Waals surface area contributed by atoms with E-state index in [0.717, 1.165) is 16.9 Å². The summed E-state index contributed by atoms with van der Waals surface area (Å²) in [5.41, 5.74) is 1.90. The van der Waals surface area contributed by atoms with Crippen LogP contribution >= 0.6 is 11.3 Å². The Morgan fingerprint density at radius 2 is 1.86 bits per heavy atom. The predicted molar refractivity (Wildman–Crippen MR) is 110 cm³/mol. The summed E-state index contributed by atoms with van der Waals surface area (Å²) in [4.78, 5) is 18.1. The average Bonchev–Trinajstić information content (AvgIpc) is 3.43. The molecule has 0 aliphatic heterocycles. The third-order valence-electron chi connectivity index (χ3n) is 4.17. The number of nitrogens with zero attached hydrogens (tertiary/aromatic N) is 3. The van der Waals surface area contributed by atoms with Crippen LogP contribution in [0.4, 0.5) is 5.95 Å². The van der Waals surface area contributed by atoms with E-state index in [1.807, 2.05) is 66.0 Å². The topological polar surface area (TPSA) is 69.0 Å². The van der Waals surface area contributed by atoms with Gasteiger partial charge in [0.2, 0.25) is 5.95 Å². The summed E-state index contributed by atoms with van der Waals surface area (Å²) in [6, 6.07) is 21.0. The summed E-state index contributed by atoms with van der Waals surface area (Å²) in [5.74, 6) is 1.43. The normalized spacial score (nSPS) is 10.6. The van der Waals surface area contributed by atoms with Gasteiger partial charge in [-0.15, -0.1) is 16.4 Å². The quantitative estimate of drug-likeness (QED) is 0.531. The molecular formula is C21H18N4O2S. The molecule has 0 aliphatic carbocycles. The summed E-state index contributed by atoms with van der Waals surface area (Å²) in [7, 11) is 1.62. The Kier molecular flexibility index (Phi) is 5.16. The molecule has 1 N–H and O–H groups in total. The number of methoxy groups -OCH3 is 1. The highest BCUT2D eigenvalue weighted by atomic mass is 32.1. The highest BCUT2D eigenvalue weighted by Crippen LogP contribution is 2.23. The number of hydrogen-bond donors (Lipinski definition) is 1. The number of aromatic nitrogens is 3. The molecule has 7 heteroatoms. The lowest BCUT2D eigenvalue weighted by atomic mass is 10.2. The number of anilines is 1. The molecule has 6 nitrogen and oxygen atoms in total. The molecular weight excluding hydrogens is 372 g/mol. The molecule has 0 amide bonds. The molecule has 0 unspecified atom stereocenters. The zero-order valence-corrected chi connectivity index (χ0v) is 16.0. The molecule has 0 atom stereocenters. The van der Waals surface area contributed by atoms with Crippen LogP contribution in [0.5, 0.6) is 5.75 Å². The van der Waals surface area contributed by atoms with E-state index in [4.69, 9.17) is 4.74 Å². The van der Waals surface area contributed by atoms with Gasteiger partial charge in [-0.05, 0) is 41.3 Å². The highest BCUT2D eigenvalue weighted by Gasteiger charge is 2.19. The molecule has 4 rings (SSSR count). The monoisotopic (exact) mass is 390 g/mol. The van der Waals surface area contributed by atoms with Gasteiger partial charge in [0.05, 0.1) is 12.0 Å². The van der Waals surface area contributed by atoms with Crippen molar-refractivity contribution in [3.63, 3.8) is 0 Å². The molecule has 0 radical (unpaired) electrons. The molecule has 2 aromatic heterocycles. The van der Waals surface area contributed by atoms with E-state index in [9.17, 15) is 4.79 Å². The van der Waals surface area contributed by atoms with E-state index in [1.165, 1.54) is 16.0 Å². The number of hydrogen-bond acceptors (Lipinski definition) is 6. The minimum absolute atomic E-state index is 0.210. The molecule has 2 aromatic carbocycles. The number of carbonyl (C=O) groups is 1. The summed E-state index contributed by atoms with van der Waals surface area (Å²) in [6.45, 7) is 0.541. The summed E-state index contributed by atoms with van der Waals surface area (Å²) in [6.07, 6.45) is 0. The zero-order chi connectivity index (χ0) is 19.3. The van der Waals surface area contributed by atoms with Crippen molar-refractivity contribution >= 4 is 23.2 Å². The van der Waals surface area contributed by atoms with Gasteiger partial charge in [0, 0.05) is 12.1 Å². The van der Waals surface area contributed by atoms with E-state index in [-0.39, 0.29) is 5.91 Å². The molecule has 0 bridgehead atoms. The van der Waals surface area contributed by atoms with Gasteiger partial charge in [-0.1, -0.05) is 36.4 Å². The second-order valence-corrected chi connectivity index (χ2v) is 6.97. The van der Waals surface area contributed by atoms with Crippen LogP contribution in [0.1, 0.15) is 15.2 Å². The van der Waals surface area contributed by atoms with Crippen LogP contribution in [-0.4, -0.2) is 27.8 Å². The molecule has 0 aliphatic rings. The van der Waals surface area contributed by atoms with Gasteiger partial charge < -0.3 is 10.1 Å². The van der Waals surface area contributed by atoms with Gasteiger partial charge in [-0.25, -0.2) is 0 Å². The van der Waals surface area contributed by atoms with Crippen molar-refractivity contribution in [1.29, 1.82) is 0 Å². The van der Waals surface area contributed by atoms with Crippen molar-refractivity contribution in [1.82, 2.24) is 14.8 Å². The van der Waals surface area contributed by atoms with Gasteiger partial charge in [-0.3, -0.25) is 4.79 Å². The lowest BCUT2D eigenvalue weighted by Gasteiger charge is -2.06. The second kappa shape index (κ2) is 8.06. The smallest absolute Gasteiger partial charge is 0.291 e. The summed E-state index contributed by atoms with van der Waals surface area (Å²) in [5, 5.41) is 9.56. The minimum Gasteiger partial charge on any atom is -0.497 e. The van der Waals surface area contributed by atoms with E-state index in [0.29, 0.717) is 23.2 Å². The third-order valence-corrected chi connectivity index (χ3v) is 5.03. The second-order valence-electron chi connectivity index (χ2n) is 6.02. The van der Waals surface area contributed by atoms with E-state index in [1.54, 1.807) is 13.2 Å². The predicted octanol–water partition coefficient (Wildman–Crippen LogP) is 4.32. The van der Waals surface area contributed by atoms with Crippen molar-refractivity contribution < 1.29 is 9.53 Å². The fourth-order valence-corrected chi connectivity index (χ4v) is 3.36. The first-order valence-corrected chi connectivity index (χ1v) is 9.60. The standard InChI is InChI=1S/C21H18N4O2S/c1-27-17-11-9-16(10-12-17)19-23-21(22-14-15-6-3-2-4-7-15)25(24-19)20(26)18-8-5-13-28-18/h2-13H,14H2,1H3,(H,22,23,24). The number of thiophene rings is 1. The Bertz CT molecular complexity index is 1060. The lowest BCUT2D eigenvalue weighted by molar-refractivity contribution is 0.0951. The van der Waals surface area contributed by atoms with E-state index in [2.05, 4.69) is 15.4 Å².